The van der Waals surface area contributed by atoms with Crippen LogP contribution in [0, 0.1) is 6.20 Å². The number of fused-ring (bicyclic) bond motifs is 2. The summed E-state index contributed by atoms with van der Waals surface area (Å²) in [5.41, 5.74) is 6.60. The SMILES string of the molecule is CN(C)C1=C(N(C)C)C(N(C)C)c2ccccc21.[Zr].[c-]1cc2ccccc2[nH]1. The standard InChI is InChI=1S/C15H23N3.C8H6N.Zr/c1-16(2)13-11-9-7-8-10-12(11)14(17(3)4)15(13)18(5)6;1-2-4-8-7(3-1)5-6-9-8;/h7-10,13H,1-6H3;1-5,9H;/q;-1;. The van der Waals surface area contributed by atoms with Crippen molar-refractivity contribution in [3.8, 4) is 0 Å². The Hall–Kier alpha value is -1.84. The Morgan fingerprint density at radius 3 is 2.07 bits per heavy atom. The van der Waals surface area contributed by atoms with Gasteiger partial charge >= 0.3 is 0 Å². The van der Waals surface area contributed by atoms with Gasteiger partial charge < -0.3 is 14.8 Å². The van der Waals surface area contributed by atoms with Gasteiger partial charge in [0.2, 0.25) is 0 Å². The van der Waals surface area contributed by atoms with Gasteiger partial charge in [0, 0.05) is 60.0 Å². The van der Waals surface area contributed by atoms with E-state index in [1.807, 2.05) is 24.3 Å². The third-order valence-electron chi connectivity index (χ3n) is 4.85. The first-order valence-corrected chi connectivity index (χ1v) is 9.20. The second kappa shape index (κ2) is 9.58. The maximum Gasteiger partial charge on any atom is 0.0775 e. The Balaban J connectivity index is 0.000000235. The molecule has 0 saturated carbocycles. The fraction of sp³-hybridized carbons (Fsp3) is 0.304. The number of nitrogens with zero attached hydrogens (tertiary/aromatic N) is 3. The van der Waals surface area contributed by atoms with Gasteiger partial charge in [-0.25, -0.2) is 0 Å². The maximum absolute atomic E-state index is 2.99. The maximum atomic E-state index is 2.99. The monoisotopic (exact) mass is 451 g/mol. The summed E-state index contributed by atoms with van der Waals surface area (Å²) in [6.07, 6.45) is 2.91. The topological polar surface area (TPSA) is 25.5 Å². The van der Waals surface area contributed by atoms with Gasteiger partial charge in [-0.2, -0.15) is 11.5 Å². The van der Waals surface area contributed by atoms with E-state index in [1.165, 1.54) is 27.9 Å². The number of hydrogen-bond donors (Lipinski definition) is 1. The summed E-state index contributed by atoms with van der Waals surface area (Å²) < 4.78 is 0. The molecule has 0 amide bonds. The van der Waals surface area contributed by atoms with Crippen molar-refractivity contribution in [1.29, 1.82) is 0 Å². The van der Waals surface area contributed by atoms with E-state index in [0.717, 1.165) is 5.52 Å². The fourth-order valence-electron chi connectivity index (χ4n) is 3.74. The molecule has 1 aliphatic rings. The van der Waals surface area contributed by atoms with Gasteiger partial charge in [0.25, 0.3) is 0 Å². The summed E-state index contributed by atoms with van der Waals surface area (Å²) >= 11 is 0. The minimum absolute atomic E-state index is 0. The van der Waals surface area contributed by atoms with Crippen molar-refractivity contribution in [3.05, 3.63) is 77.6 Å². The first-order valence-electron chi connectivity index (χ1n) is 9.20. The van der Waals surface area contributed by atoms with Crippen LogP contribution in [0.25, 0.3) is 16.6 Å². The zero-order valence-electron chi connectivity index (χ0n) is 17.6. The van der Waals surface area contributed by atoms with Crippen LogP contribution in [-0.4, -0.2) is 62.0 Å². The average molecular weight is 453 g/mol. The van der Waals surface area contributed by atoms with Gasteiger partial charge in [0.05, 0.1) is 17.4 Å². The Morgan fingerprint density at radius 1 is 0.821 bits per heavy atom. The smallest absolute Gasteiger partial charge is 0.0775 e. The van der Waals surface area contributed by atoms with Crippen LogP contribution in [-0.2, 0) is 26.2 Å². The number of para-hydroxylation sites is 1. The summed E-state index contributed by atoms with van der Waals surface area (Å²) in [5, 5.41) is 1.22. The first kappa shape index (κ1) is 22.5. The molecular weight excluding hydrogens is 424 g/mol. The van der Waals surface area contributed by atoms with Crippen LogP contribution in [0.2, 0.25) is 0 Å². The number of hydrogen-bond acceptors (Lipinski definition) is 3. The van der Waals surface area contributed by atoms with Crippen LogP contribution >= 0.6 is 0 Å². The van der Waals surface area contributed by atoms with Crippen molar-refractivity contribution >= 4 is 16.6 Å². The molecule has 0 fully saturated rings. The molecule has 5 heteroatoms. The molecule has 1 aromatic heterocycles. The second-order valence-electron chi connectivity index (χ2n) is 7.48. The van der Waals surface area contributed by atoms with Crippen LogP contribution in [0.1, 0.15) is 17.2 Å². The normalized spacial score (nSPS) is 15.0. The molecule has 4 nitrogen and oxygen atoms in total. The van der Waals surface area contributed by atoms with E-state index in [2.05, 4.69) is 98.5 Å². The van der Waals surface area contributed by atoms with E-state index in [0.29, 0.717) is 6.04 Å². The Labute approximate surface area is 188 Å². The van der Waals surface area contributed by atoms with Crippen LogP contribution in [0.15, 0.2) is 60.3 Å². The summed E-state index contributed by atoms with van der Waals surface area (Å²) in [5.74, 6) is 0. The summed E-state index contributed by atoms with van der Waals surface area (Å²) in [4.78, 5) is 9.73. The minimum Gasteiger partial charge on any atom is -0.477 e. The molecule has 146 valence electrons. The van der Waals surface area contributed by atoms with Crippen molar-refractivity contribution in [2.45, 2.75) is 6.04 Å². The molecule has 4 rings (SSSR count). The minimum atomic E-state index is 0. The van der Waals surface area contributed by atoms with E-state index >= 15 is 0 Å². The van der Waals surface area contributed by atoms with Gasteiger partial charge in [-0.05, 0) is 19.7 Å². The number of aromatic amines is 1. The molecule has 1 heterocycles. The first-order chi connectivity index (χ1) is 12.9. The Morgan fingerprint density at radius 2 is 1.46 bits per heavy atom. The molecular formula is C23H29N4Zr-. The summed E-state index contributed by atoms with van der Waals surface area (Å²) in [7, 11) is 12.8. The van der Waals surface area contributed by atoms with Crippen LogP contribution in [0.4, 0.5) is 0 Å². The van der Waals surface area contributed by atoms with E-state index in [-0.39, 0.29) is 26.2 Å². The molecule has 2 aromatic carbocycles. The number of likely N-dealkylation sites (N-methyl/N-ethyl adjacent to an activating group) is 2. The summed E-state index contributed by atoms with van der Waals surface area (Å²) in [6, 6.07) is 19.1. The number of nitrogens with one attached hydrogen (secondary N) is 1. The van der Waals surface area contributed by atoms with Gasteiger partial charge in [0.1, 0.15) is 0 Å². The van der Waals surface area contributed by atoms with Crippen LogP contribution in [0.5, 0.6) is 0 Å². The van der Waals surface area contributed by atoms with Gasteiger partial charge in [-0.3, -0.25) is 4.90 Å². The second-order valence-corrected chi connectivity index (χ2v) is 7.48. The van der Waals surface area contributed by atoms with E-state index in [1.54, 1.807) is 0 Å². The third kappa shape index (κ3) is 4.42. The summed E-state index contributed by atoms with van der Waals surface area (Å²) in [6.45, 7) is 0. The number of benzene rings is 2. The molecule has 28 heavy (non-hydrogen) atoms. The van der Waals surface area contributed by atoms with E-state index < -0.39 is 0 Å². The van der Waals surface area contributed by atoms with Crippen molar-refractivity contribution in [2.24, 2.45) is 0 Å². The molecule has 1 unspecified atom stereocenters. The third-order valence-corrected chi connectivity index (χ3v) is 4.85. The Bertz CT molecular complexity index is 910. The number of rotatable bonds is 3. The molecule has 1 N–H and O–H groups in total. The van der Waals surface area contributed by atoms with Crippen molar-refractivity contribution in [1.82, 2.24) is 19.7 Å². The zero-order valence-corrected chi connectivity index (χ0v) is 20.1. The fourth-order valence-corrected chi connectivity index (χ4v) is 3.74. The van der Waals surface area contributed by atoms with Crippen molar-refractivity contribution in [3.63, 3.8) is 0 Å². The predicted octanol–water partition coefficient (Wildman–Crippen LogP) is 4.06. The van der Waals surface area contributed by atoms with Crippen molar-refractivity contribution in [2.75, 3.05) is 42.3 Å². The molecule has 1 atom stereocenters. The molecule has 3 aromatic rings. The molecule has 0 aliphatic heterocycles. The molecule has 0 bridgehead atoms. The largest absolute Gasteiger partial charge is 0.477 e. The van der Waals surface area contributed by atoms with Gasteiger partial charge in [0.15, 0.2) is 0 Å². The zero-order chi connectivity index (χ0) is 19.6. The number of aromatic nitrogens is 1. The quantitative estimate of drug-likeness (QED) is 0.607. The average Bonchev–Trinajstić information content (AvgIpc) is 3.24. The van der Waals surface area contributed by atoms with Crippen LogP contribution < -0.4 is 0 Å². The molecule has 0 spiro atoms. The van der Waals surface area contributed by atoms with Crippen molar-refractivity contribution < 1.29 is 26.2 Å². The molecule has 0 saturated heterocycles. The van der Waals surface area contributed by atoms with Gasteiger partial charge in [-0.15, -0.1) is 23.8 Å². The van der Waals surface area contributed by atoms with E-state index in [9.17, 15) is 0 Å². The van der Waals surface area contributed by atoms with Gasteiger partial charge in [-0.1, -0.05) is 36.4 Å². The number of H-pyrrole nitrogens is 1. The molecule has 0 radical (unpaired) electrons. The Kier molecular flexibility index (Phi) is 7.68. The molecule has 1 aliphatic carbocycles. The predicted molar refractivity (Wildman–Crippen MR) is 114 cm³/mol. The van der Waals surface area contributed by atoms with Crippen LogP contribution in [0.3, 0.4) is 0 Å². The van der Waals surface area contributed by atoms with E-state index in [4.69, 9.17) is 0 Å².